The SMILES string of the molecule is Cc1nc2ccc(-c3ccn4nc(NC5CC6(CNC6)C5)ncc34)nc2n1CCF. The van der Waals surface area contributed by atoms with Gasteiger partial charge in [-0.3, -0.25) is 0 Å². The molecule has 5 heterocycles. The third kappa shape index (κ3) is 2.68. The van der Waals surface area contributed by atoms with Crippen molar-refractivity contribution < 1.29 is 4.39 Å². The monoisotopic (exact) mass is 406 g/mol. The largest absolute Gasteiger partial charge is 0.350 e. The topological polar surface area (TPSA) is 85.0 Å². The highest BCUT2D eigenvalue weighted by atomic mass is 19.1. The van der Waals surface area contributed by atoms with Crippen molar-refractivity contribution >= 4 is 22.6 Å². The van der Waals surface area contributed by atoms with E-state index in [9.17, 15) is 4.39 Å². The van der Waals surface area contributed by atoms with Gasteiger partial charge < -0.3 is 15.2 Å². The van der Waals surface area contributed by atoms with Gasteiger partial charge >= 0.3 is 0 Å². The van der Waals surface area contributed by atoms with Crippen LogP contribution in [0.5, 0.6) is 0 Å². The summed E-state index contributed by atoms with van der Waals surface area (Å²) in [7, 11) is 0. The second-order valence-corrected chi connectivity index (χ2v) is 8.53. The number of hydrogen-bond acceptors (Lipinski definition) is 6. The van der Waals surface area contributed by atoms with Gasteiger partial charge in [0.1, 0.15) is 18.0 Å². The molecule has 1 aliphatic carbocycles. The average Bonchev–Trinajstić information content (AvgIpc) is 3.23. The molecule has 1 saturated heterocycles. The summed E-state index contributed by atoms with van der Waals surface area (Å²) in [6, 6.07) is 6.31. The number of aryl methyl sites for hydroxylation is 2. The molecule has 0 amide bonds. The molecule has 4 aromatic heterocycles. The minimum absolute atomic E-state index is 0.256. The van der Waals surface area contributed by atoms with E-state index >= 15 is 0 Å². The summed E-state index contributed by atoms with van der Waals surface area (Å²) in [6.07, 6.45) is 6.11. The number of imidazole rings is 1. The summed E-state index contributed by atoms with van der Waals surface area (Å²) in [5.74, 6) is 1.42. The molecule has 4 aromatic rings. The number of aromatic nitrogens is 6. The summed E-state index contributed by atoms with van der Waals surface area (Å²) >= 11 is 0. The van der Waals surface area contributed by atoms with E-state index in [-0.39, 0.29) is 6.54 Å². The third-order valence-corrected chi connectivity index (χ3v) is 6.48. The number of alkyl halides is 1. The lowest BCUT2D eigenvalue weighted by molar-refractivity contribution is 0.0467. The maximum atomic E-state index is 13.0. The van der Waals surface area contributed by atoms with Gasteiger partial charge in [0, 0.05) is 30.9 Å². The van der Waals surface area contributed by atoms with Crippen LogP contribution in [0, 0.1) is 12.3 Å². The minimum atomic E-state index is -0.449. The fourth-order valence-electron chi connectivity index (χ4n) is 4.84. The second-order valence-electron chi connectivity index (χ2n) is 8.53. The van der Waals surface area contributed by atoms with E-state index in [4.69, 9.17) is 4.98 Å². The van der Waals surface area contributed by atoms with Crippen LogP contribution in [0.25, 0.3) is 27.9 Å². The van der Waals surface area contributed by atoms with E-state index in [1.807, 2.05) is 46.6 Å². The first-order valence-electron chi connectivity index (χ1n) is 10.4. The lowest BCUT2D eigenvalue weighted by atomic mass is 9.62. The van der Waals surface area contributed by atoms with Gasteiger partial charge in [-0.25, -0.2) is 23.9 Å². The highest BCUT2D eigenvalue weighted by molar-refractivity contribution is 5.82. The zero-order chi connectivity index (χ0) is 20.3. The smallest absolute Gasteiger partial charge is 0.241 e. The molecule has 0 radical (unpaired) electrons. The van der Waals surface area contributed by atoms with E-state index in [0.717, 1.165) is 41.2 Å². The molecule has 154 valence electrons. The van der Waals surface area contributed by atoms with Gasteiger partial charge in [0.2, 0.25) is 5.95 Å². The average molecular weight is 406 g/mol. The minimum Gasteiger partial charge on any atom is -0.350 e. The Labute approximate surface area is 172 Å². The van der Waals surface area contributed by atoms with E-state index < -0.39 is 6.67 Å². The van der Waals surface area contributed by atoms with Gasteiger partial charge in [-0.2, -0.15) is 0 Å². The zero-order valence-electron chi connectivity index (χ0n) is 16.8. The Morgan fingerprint density at radius 1 is 1.23 bits per heavy atom. The Bertz CT molecular complexity index is 1250. The van der Waals surface area contributed by atoms with Gasteiger partial charge in [-0.05, 0) is 43.4 Å². The molecular formula is C21H23FN8. The molecule has 0 atom stereocenters. The predicted octanol–water partition coefficient (Wildman–Crippen LogP) is 2.58. The molecule has 0 aromatic carbocycles. The van der Waals surface area contributed by atoms with Crippen molar-refractivity contribution in [3.63, 3.8) is 0 Å². The molecule has 30 heavy (non-hydrogen) atoms. The quantitative estimate of drug-likeness (QED) is 0.530. The number of rotatable bonds is 5. The molecule has 6 rings (SSSR count). The standard InChI is InChI=1S/C21H23FN8/c1-13-25-17-3-2-16(27-19(17)29(13)7-5-22)15-4-6-30-18(15)10-24-20(28-30)26-14-8-21(9-14)11-23-12-21/h2-4,6,10,14,23H,5,7-9,11-12H2,1H3,(H,26,28). The molecule has 0 unspecified atom stereocenters. The molecule has 1 spiro atoms. The molecule has 9 heteroatoms. The number of nitrogens with one attached hydrogen (secondary N) is 2. The summed E-state index contributed by atoms with van der Waals surface area (Å²) in [6.45, 7) is 3.94. The van der Waals surface area contributed by atoms with Crippen LogP contribution in [0.4, 0.5) is 10.3 Å². The van der Waals surface area contributed by atoms with Gasteiger partial charge in [-0.15, -0.1) is 5.10 Å². The van der Waals surface area contributed by atoms with Gasteiger partial charge in [0.25, 0.3) is 0 Å². The number of pyridine rings is 1. The molecule has 1 saturated carbocycles. The van der Waals surface area contributed by atoms with Crippen LogP contribution in [0.2, 0.25) is 0 Å². The van der Waals surface area contributed by atoms with Crippen molar-refractivity contribution in [1.82, 2.24) is 34.4 Å². The van der Waals surface area contributed by atoms with Gasteiger partial charge in [0.05, 0.1) is 24.0 Å². The highest BCUT2D eigenvalue weighted by Crippen LogP contribution is 2.45. The van der Waals surface area contributed by atoms with Crippen LogP contribution in [0.3, 0.4) is 0 Å². The number of halogens is 1. The lowest BCUT2D eigenvalue weighted by Crippen LogP contribution is -2.63. The van der Waals surface area contributed by atoms with Crippen LogP contribution in [-0.4, -0.2) is 54.9 Å². The summed E-state index contributed by atoms with van der Waals surface area (Å²) < 4.78 is 16.6. The van der Waals surface area contributed by atoms with Crippen molar-refractivity contribution in [2.24, 2.45) is 5.41 Å². The van der Waals surface area contributed by atoms with Crippen molar-refractivity contribution in [2.75, 3.05) is 25.1 Å². The van der Waals surface area contributed by atoms with Gasteiger partial charge in [0.15, 0.2) is 5.65 Å². The molecule has 2 fully saturated rings. The third-order valence-electron chi connectivity index (χ3n) is 6.48. The normalized spacial score (nSPS) is 18.1. The molecular weight excluding hydrogens is 383 g/mol. The van der Waals surface area contributed by atoms with Crippen molar-refractivity contribution in [3.05, 3.63) is 36.4 Å². The maximum Gasteiger partial charge on any atom is 0.241 e. The number of anilines is 1. The van der Waals surface area contributed by atoms with Crippen molar-refractivity contribution in [1.29, 1.82) is 0 Å². The first-order chi connectivity index (χ1) is 14.6. The van der Waals surface area contributed by atoms with Crippen LogP contribution >= 0.6 is 0 Å². The van der Waals surface area contributed by atoms with E-state index in [2.05, 4.69) is 25.7 Å². The molecule has 2 N–H and O–H groups in total. The summed E-state index contributed by atoms with van der Waals surface area (Å²) in [5, 5.41) is 11.5. The van der Waals surface area contributed by atoms with Crippen molar-refractivity contribution in [2.45, 2.75) is 32.4 Å². The number of nitrogens with zero attached hydrogens (tertiary/aromatic N) is 6. The maximum absolute atomic E-state index is 13.0. The fourth-order valence-corrected chi connectivity index (χ4v) is 4.84. The number of hydrogen-bond donors (Lipinski definition) is 2. The predicted molar refractivity (Wildman–Crippen MR) is 112 cm³/mol. The Hall–Kier alpha value is -3.07. The first kappa shape index (κ1) is 17.8. The Morgan fingerprint density at radius 2 is 2.10 bits per heavy atom. The highest BCUT2D eigenvalue weighted by Gasteiger charge is 2.48. The Balaban J connectivity index is 1.30. The van der Waals surface area contributed by atoms with Crippen LogP contribution in [-0.2, 0) is 6.54 Å². The molecule has 0 bridgehead atoms. The van der Waals surface area contributed by atoms with E-state index in [1.54, 1.807) is 0 Å². The summed E-state index contributed by atoms with van der Waals surface area (Å²) in [5.41, 5.74) is 4.61. The van der Waals surface area contributed by atoms with Crippen molar-refractivity contribution in [3.8, 4) is 11.3 Å². The fraction of sp³-hybridized carbons (Fsp3) is 0.429. The molecule has 2 aliphatic rings. The summed E-state index contributed by atoms with van der Waals surface area (Å²) in [4.78, 5) is 13.8. The van der Waals surface area contributed by atoms with Crippen LogP contribution in [0.15, 0.2) is 30.6 Å². The van der Waals surface area contributed by atoms with E-state index in [1.165, 1.54) is 12.8 Å². The number of fused-ring (bicyclic) bond motifs is 2. The zero-order valence-corrected chi connectivity index (χ0v) is 16.8. The van der Waals surface area contributed by atoms with Crippen LogP contribution in [0.1, 0.15) is 18.7 Å². The second kappa shape index (κ2) is 6.46. The Kier molecular flexibility index (Phi) is 3.83. The Morgan fingerprint density at radius 3 is 2.87 bits per heavy atom. The van der Waals surface area contributed by atoms with Gasteiger partial charge in [-0.1, -0.05) is 0 Å². The first-order valence-corrected chi connectivity index (χ1v) is 10.4. The molecule has 1 aliphatic heterocycles. The van der Waals surface area contributed by atoms with E-state index in [0.29, 0.717) is 23.1 Å². The van der Waals surface area contributed by atoms with Crippen LogP contribution < -0.4 is 10.6 Å². The molecule has 8 nitrogen and oxygen atoms in total. The lowest BCUT2D eigenvalue weighted by Gasteiger charge is -2.54.